The lowest BCUT2D eigenvalue weighted by atomic mass is 10.5. The van der Waals surface area contributed by atoms with Crippen LogP contribution in [0.1, 0.15) is 0 Å². The van der Waals surface area contributed by atoms with Gasteiger partial charge in [-0.05, 0) is 15.9 Å². The van der Waals surface area contributed by atoms with Crippen LogP contribution in [0.3, 0.4) is 0 Å². The highest BCUT2D eigenvalue weighted by atomic mass is 79.9. The molecular formula is C7H6BrN5O. The molecule has 0 aromatic carbocycles. The highest BCUT2D eigenvalue weighted by Crippen LogP contribution is 2.12. The Balaban J connectivity index is 2.63. The molecule has 0 saturated carbocycles. The zero-order valence-corrected chi connectivity index (χ0v) is 8.52. The monoisotopic (exact) mass is 255 g/mol. The Hall–Kier alpha value is -1.63. The summed E-state index contributed by atoms with van der Waals surface area (Å²) in [5.41, 5.74) is 5.21. The first-order valence-corrected chi connectivity index (χ1v) is 4.51. The summed E-state index contributed by atoms with van der Waals surface area (Å²) in [7, 11) is 0. The minimum Gasteiger partial charge on any atom is -0.391 e. The molecule has 0 spiro atoms. The van der Waals surface area contributed by atoms with Crippen LogP contribution in [0.4, 0.5) is 5.69 Å². The molecule has 7 heteroatoms. The molecule has 2 aromatic rings. The number of nitrogens with zero attached hydrogens (tertiary/aromatic N) is 3. The highest BCUT2D eigenvalue weighted by molar-refractivity contribution is 9.10. The number of aromatic nitrogens is 4. The predicted octanol–water partition coefficient (Wildman–Crippen LogP) is 0.300. The van der Waals surface area contributed by atoms with Crippen molar-refractivity contribution in [1.82, 2.24) is 19.7 Å². The van der Waals surface area contributed by atoms with E-state index >= 15 is 0 Å². The topological polar surface area (TPSA) is 89.6 Å². The normalized spacial score (nSPS) is 10.4. The second-order valence-electron chi connectivity index (χ2n) is 2.57. The van der Waals surface area contributed by atoms with Gasteiger partial charge in [-0.1, -0.05) is 0 Å². The van der Waals surface area contributed by atoms with Gasteiger partial charge in [-0.2, -0.15) is 5.10 Å². The minimum atomic E-state index is -0.373. The summed E-state index contributed by atoms with van der Waals surface area (Å²) < 4.78 is 2.22. The molecule has 0 atom stereocenters. The van der Waals surface area contributed by atoms with Crippen molar-refractivity contribution in [2.24, 2.45) is 0 Å². The molecule has 6 nitrogen and oxygen atoms in total. The predicted molar refractivity (Wildman–Crippen MR) is 54.1 cm³/mol. The third kappa shape index (κ3) is 1.41. The second-order valence-corrected chi connectivity index (χ2v) is 3.49. The van der Waals surface area contributed by atoms with Crippen LogP contribution >= 0.6 is 15.9 Å². The fourth-order valence-corrected chi connectivity index (χ4v) is 1.29. The standard InChI is InChI=1S/C7H6BrN5O/c8-4-1-12-13(2-4)6-5(9)7(14)11-3-10-6/h1-3H,9H2,(H,10,11,14). The van der Waals surface area contributed by atoms with Gasteiger partial charge in [0.1, 0.15) is 5.69 Å². The van der Waals surface area contributed by atoms with Crippen molar-refractivity contribution in [2.45, 2.75) is 0 Å². The molecule has 2 heterocycles. The Kier molecular flexibility index (Phi) is 2.08. The average Bonchev–Trinajstić information content (AvgIpc) is 2.57. The Morgan fingerprint density at radius 2 is 2.36 bits per heavy atom. The highest BCUT2D eigenvalue weighted by Gasteiger charge is 2.07. The van der Waals surface area contributed by atoms with Crippen LogP contribution in [-0.2, 0) is 0 Å². The molecule has 0 amide bonds. The summed E-state index contributed by atoms with van der Waals surface area (Å²) in [6, 6.07) is 0. The lowest BCUT2D eigenvalue weighted by molar-refractivity contribution is 0.839. The van der Waals surface area contributed by atoms with Crippen LogP contribution in [0.25, 0.3) is 5.82 Å². The van der Waals surface area contributed by atoms with Crippen molar-refractivity contribution in [3.05, 3.63) is 33.5 Å². The number of aromatic amines is 1. The van der Waals surface area contributed by atoms with E-state index in [2.05, 4.69) is 31.0 Å². The van der Waals surface area contributed by atoms with E-state index < -0.39 is 0 Å². The van der Waals surface area contributed by atoms with Gasteiger partial charge in [0.2, 0.25) is 0 Å². The van der Waals surface area contributed by atoms with E-state index in [1.54, 1.807) is 12.4 Å². The van der Waals surface area contributed by atoms with E-state index in [1.807, 2.05) is 0 Å². The van der Waals surface area contributed by atoms with Crippen LogP contribution in [-0.4, -0.2) is 19.7 Å². The van der Waals surface area contributed by atoms with Crippen molar-refractivity contribution in [3.8, 4) is 5.82 Å². The van der Waals surface area contributed by atoms with Gasteiger partial charge in [0, 0.05) is 6.20 Å². The van der Waals surface area contributed by atoms with Crippen molar-refractivity contribution in [2.75, 3.05) is 5.73 Å². The van der Waals surface area contributed by atoms with Crippen molar-refractivity contribution < 1.29 is 0 Å². The SMILES string of the molecule is Nc1c(-n2cc(Br)cn2)nc[nH]c1=O. The van der Waals surface area contributed by atoms with Gasteiger partial charge in [0.15, 0.2) is 5.82 Å². The molecule has 0 radical (unpaired) electrons. The van der Waals surface area contributed by atoms with Gasteiger partial charge >= 0.3 is 0 Å². The maximum atomic E-state index is 11.1. The molecular weight excluding hydrogens is 250 g/mol. The number of anilines is 1. The fourth-order valence-electron chi connectivity index (χ4n) is 1.00. The molecule has 3 N–H and O–H groups in total. The van der Waals surface area contributed by atoms with Crippen LogP contribution in [0.15, 0.2) is 28.0 Å². The Bertz CT molecular complexity index is 517. The van der Waals surface area contributed by atoms with Crippen LogP contribution in [0.5, 0.6) is 0 Å². The summed E-state index contributed by atoms with van der Waals surface area (Å²) in [4.78, 5) is 17.4. The van der Waals surface area contributed by atoms with E-state index in [-0.39, 0.29) is 11.2 Å². The van der Waals surface area contributed by atoms with Crippen LogP contribution < -0.4 is 11.3 Å². The Morgan fingerprint density at radius 3 is 3.00 bits per heavy atom. The first-order valence-electron chi connectivity index (χ1n) is 3.72. The van der Waals surface area contributed by atoms with E-state index in [4.69, 9.17) is 5.73 Å². The Labute approximate surface area is 86.9 Å². The van der Waals surface area contributed by atoms with Gasteiger partial charge in [-0.3, -0.25) is 4.79 Å². The van der Waals surface area contributed by atoms with Crippen molar-refractivity contribution in [3.63, 3.8) is 0 Å². The molecule has 0 saturated heterocycles. The third-order valence-corrected chi connectivity index (χ3v) is 2.05. The number of rotatable bonds is 1. The zero-order chi connectivity index (χ0) is 10.1. The molecule has 72 valence electrons. The van der Waals surface area contributed by atoms with E-state index in [1.165, 1.54) is 11.0 Å². The summed E-state index contributed by atoms with van der Waals surface area (Å²) in [6.45, 7) is 0. The molecule has 0 aliphatic heterocycles. The molecule has 2 aromatic heterocycles. The maximum Gasteiger partial charge on any atom is 0.276 e. The van der Waals surface area contributed by atoms with Crippen LogP contribution in [0, 0.1) is 0 Å². The first kappa shape index (κ1) is 8.95. The molecule has 0 unspecified atom stereocenters. The van der Waals surface area contributed by atoms with Gasteiger partial charge in [-0.25, -0.2) is 9.67 Å². The smallest absolute Gasteiger partial charge is 0.276 e. The largest absolute Gasteiger partial charge is 0.391 e. The fraction of sp³-hybridized carbons (Fsp3) is 0. The molecule has 0 fully saturated rings. The van der Waals surface area contributed by atoms with Crippen LogP contribution in [0.2, 0.25) is 0 Å². The summed E-state index contributed by atoms with van der Waals surface area (Å²) in [6.07, 6.45) is 4.53. The third-order valence-electron chi connectivity index (χ3n) is 1.64. The van der Waals surface area contributed by atoms with Crippen molar-refractivity contribution >= 4 is 21.6 Å². The number of hydrogen-bond acceptors (Lipinski definition) is 4. The van der Waals surface area contributed by atoms with Gasteiger partial charge < -0.3 is 10.7 Å². The first-order chi connectivity index (χ1) is 6.68. The number of nitrogen functional groups attached to an aromatic ring is 1. The van der Waals surface area contributed by atoms with Gasteiger partial charge in [0.05, 0.1) is 17.0 Å². The lowest BCUT2D eigenvalue weighted by Crippen LogP contribution is -2.16. The minimum absolute atomic E-state index is 0.0445. The van der Waals surface area contributed by atoms with E-state index in [0.717, 1.165) is 4.47 Å². The molecule has 0 aliphatic rings. The molecule has 0 bridgehead atoms. The summed E-state index contributed by atoms with van der Waals surface area (Å²) >= 11 is 3.23. The zero-order valence-electron chi connectivity index (χ0n) is 6.94. The van der Waals surface area contributed by atoms with Gasteiger partial charge in [0.25, 0.3) is 5.56 Å². The van der Waals surface area contributed by atoms with E-state index in [9.17, 15) is 4.79 Å². The quantitative estimate of drug-likeness (QED) is 0.767. The molecule has 0 aliphatic carbocycles. The molecule has 14 heavy (non-hydrogen) atoms. The number of nitrogens with two attached hydrogens (primary N) is 1. The number of halogens is 1. The summed E-state index contributed by atoms with van der Waals surface area (Å²) in [5, 5.41) is 3.96. The lowest BCUT2D eigenvalue weighted by Gasteiger charge is -2.01. The summed E-state index contributed by atoms with van der Waals surface area (Å²) in [5.74, 6) is 0.319. The maximum absolute atomic E-state index is 11.1. The number of H-pyrrole nitrogens is 1. The Morgan fingerprint density at radius 1 is 1.57 bits per heavy atom. The van der Waals surface area contributed by atoms with E-state index in [0.29, 0.717) is 5.82 Å². The van der Waals surface area contributed by atoms with Gasteiger partial charge in [-0.15, -0.1) is 0 Å². The average molecular weight is 256 g/mol. The molecule has 2 rings (SSSR count). The number of nitrogens with one attached hydrogen (secondary N) is 1. The number of hydrogen-bond donors (Lipinski definition) is 2. The van der Waals surface area contributed by atoms with Crippen molar-refractivity contribution in [1.29, 1.82) is 0 Å². The second kappa shape index (κ2) is 3.26.